The van der Waals surface area contributed by atoms with Crippen molar-refractivity contribution in [3.63, 3.8) is 0 Å². The first-order valence-corrected chi connectivity index (χ1v) is 9.73. The zero-order valence-electron chi connectivity index (χ0n) is 16.1. The third kappa shape index (κ3) is 4.58. The fraction of sp³-hybridized carbons (Fsp3) is 0.579. The van der Waals surface area contributed by atoms with Crippen molar-refractivity contribution in [1.82, 2.24) is 24.4 Å². The molecule has 2 aromatic heterocycles. The molecule has 0 N–H and O–H groups in total. The highest BCUT2D eigenvalue weighted by Crippen LogP contribution is 2.37. The number of hydrogen-bond acceptors (Lipinski definition) is 6. The van der Waals surface area contributed by atoms with Crippen LogP contribution in [0.2, 0.25) is 0 Å². The molecule has 0 amide bonds. The minimum absolute atomic E-state index is 0.0889. The molecule has 3 heterocycles. The summed E-state index contributed by atoms with van der Waals surface area (Å²) >= 11 is 0. The smallest absolute Gasteiger partial charge is 0.350 e. The normalized spacial score (nSPS) is 18.8. The average molecular weight is 408 g/mol. The molecule has 7 nitrogen and oxygen atoms in total. The van der Waals surface area contributed by atoms with E-state index in [2.05, 4.69) is 24.8 Å². The van der Waals surface area contributed by atoms with Gasteiger partial charge in [-0.2, -0.15) is 13.2 Å². The van der Waals surface area contributed by atoms with Gasteiger partial charge in [-0.25, -0.2) is 15.0 Å². The molecule has 2 aliphatic rings. The minimum atomic E-state index is -4.48. The number of piperidine rings is 1. The van der Waals surface area contributed by atoms with E-state index in [0.29, 0.717) is 12.4 Å². The van der Waals surface area contributed by atoms with E-state index in [9.17, 15) is 18.0 Å². The first kappa shape index (κ1) is 19.8. The highest BCUT2D eigenvalue weighted by Gasteiger charge is 2.38. The number of aromatic nitrogens is 4. The van der Waals surface area contributed by atoms with Crippen molar-refractivity contribution in [2.75, 3.05) is 18.0 Å². The van der Waals surface area contributed by atoms with Crippen molar-refractivity contribution in [3.05, 3.63) is 46.5 Å². The van der Waals surface area contributed by atoms with Gasteiger partial charge in [-0.1, -0.05) is 0 Å². The van der Waals surface area contributed by atoms with Crippen molar-refractivity contribution in [1.29, 1.82) is 0 Å². The zero-order chi connectivity index (χ0) is 20.6. The van der Waals surface area contributed by atoms with Crippen LogP contribution in [-0.4, -0.2) is 49.6 Å². The molecule has 4 rings (SSSR count). The average Bonchev–Trinajstić information content (AvgIpc) is 3.51. The van der Waals surface area contributed by atoms with E-state index >= 15 is 0 Å². The number of hydrogen-bond donors (Lipinski definition) is 0. The Morgan fingerprint density at radius 1 is 1.07 bits per heavy atom. The first-order valence-electron chi connectivity index (χ1n) is 9.73. The van der Waals surface area contributed by atoms with Crippen LogP contribution in [0.15, 0.2) is 29.6 Å². The first-order chi connectivity index (χ1) is 13.8. The lowest BCUT2D eigenvalue weighted by Crippen LogP contribution is -2.46. The van der Waals surface area contributed by atoms with Crippen LogP contribution in [0.5, 0.6) is 0 Å². The maximum Gasteiger partial charge on any atom is 0.433 e. The van der Waals surface area contributed by atoms with E-state index < -0.39 is 11.9 Å². The summed E-state index contributed by atoms with van der Waals surface area (Å²) < 4.78 is 40.6. The summed E-state index contributed by atoms with van der Waals surface area (Å²) in [5.41, 5.74) is -0.257. The van der Waals surface area contributed by atoms with Crippen molar-refractivity contribution in [3.8, 4) is 0 Å². The van der Waals surface area contributed by atoms with Crippen LogP contribution in [0.1, 0.15) is 37.1 Å². The lowest BCUT2D eigenvalue weighted by molar-refractivity contribution is -0.141. The highest BCUT2D eigenvalue weighted by atomic mass is 19.4. The Bertz CT molecular complexity index is 919. The summed E-state index contributed by atoms with van der Waals surface area (Å²) in [6, 6.07) is 3.00. The molecule has 29 heavy (non-hydrogen) atoms. The molecular weight excluding hydrogens is 385 g/mol. The standard InChI is InChI=1S/C19H23F3N6O/c1-26-12-25-13(8-18(26)29)10-27-6-4-15(5-7-27)28(14-2-3-14)17-9-16(19(20,21)22)23-11-24-17/h8-9,11-12,14-15H,2-7,10H2,1H3. The SMILES string of the molecule is Cn1cnc(CN2CCC(N(c3cc(C(F)(F)F)ncn3)C3CC3)CC2)cc1=O. The number of anilines is 1. The van der Waals surface area contributed by atoms with E-state index in [4.69, 9.17) is 0 Å². The van der Waals surface area contributed by atoms with Gasteiger partial charge < -0.3 is 9.47 Å². The Balaban J connectivity index is 1.43. The van der Waals surface area contributed by atoms with Crippen molar-refractivity contribution in [2.45, 2.75) is 50.5 Å². The van der Waals surface area contributed by atoms with Gasteiger partial charge in [0, 0.05) is 50.9 Å². The summed E-state index contributed by atoms with van der Waals surface area (Å²) in [4.78, 5) is 27.9. The minimum Gasteiger partial charge on any atom is -0.350 e. The van der Waals surface area contributed by atoms with Crippen LogP contribution in [0.25, 0.3) is 0 Å². The third-order valence-electron chi connectivity index (χ3n) is 5.52. The Kier molecular flexibility index (Phi) is 5.28. The van der Waals surface area contributed by atoms with Gasteiger partial charge in [-0.15, -0.1) is 0 Å². The summed E-state index contributed by atoms with van der Waals surface area (Å²) in [7, 11) is 1.66. The molecule has 0 bridgehead atoms. The third-order valence-corrected chi connectivity index (χ3v) is 5.52. The van der Waals surface area contributed by atoms with Crippen LogP contribution in [0.3, 0.4) is 0 Å². The number of nitrogens with zero attached hydrogens (tertiary/aromatic N) is 6. The monoisotopic (exact) mass is 408 g/mol. The van der Waals surface area contributed by atoms with Crippen LogP contribution in [0, 0.1) is 0 Å². The molecule has 10 heteroatoms. The van der Waals surface area contributed by atoms with Crippen molar-refractivity contribution in [2.24, 2.45) is 7.05 Å². The fourth-order valence-electron chi connectivity index (χ4n) is 3.84. The Labute approximate surface area is 166 Å². The van der Waals surface area contributed by atoms with Gasteiger partial charge in [0.2, 0.25) is 0 Å². The predicted molar refractivity (Wildman–Crippen MR) is 100 cm³/mol. The largest absolute Gasteiger partial charge is 0.433 e. The molecule has 2 fully saturated rings. The van der Waals surface area contributed by atoms with Gasteiger partial charge in [-0.3, -0.25) is 9.69 Å². The van der Waals surface area contributed by atoms with Gasteiger partial charge in [0.05, 0.1) is 12.0 Å². The van der Waals surface area contributed by atoms with E-state index in [0.717, 1.165) is 56.9 Å². The molecule has 1 saturated heterocycles. The van der Waals surface area contributed by atoms with E-state index in [1.54, 1.807) is 13.1 Å². The van der Waals surface area contributed by atoms with E-state index in [1.807, 2.05) is 0 Å². The number of likely N-dealkylation sites (tertiary alicyclic amines) is 1. The van der Waals surface area contributed by atoms with Crippen LogP contribution in [0.4, 0.5) is 19.0 Å². The van der Waals surface area contributed by atoms with Crippen LogP contribution >= 0.6 is 0 Å². The number of alkyl halides is 3. The maximum atomic E-state index is 13.1. The molecule has 1 aliphatic heterocycles. The molecule has 156 valence electrons. The number of rotatable bonds is 5. The summed E-state index contributed by atoms with van der Waals surface area (Å²) in [6.45, 7) is 2.18. The molecule has 1 saturated carbocycles. The molecule has 0 spiro atoms. The lowest BCUT2D eigenvalue weighted by atomic mass is 10.0. The maximum absolute atomic E-state index is 13.1. The second kappa shape index (κ2) is 7.74. The molecular formula is C19H23F3N6O. The van der Waals surface area contributed by atoms with Gasteiger partial charge >= 0.3 is 6.18 Å². The second-order valence-corrected chi connectivity index (χ2v) is 7.73. The van der Waals surface area contributed by atoms with E-state index in [1.165, 1.54) is 10.9 Å². The Hall–Kier alpha value is -2.49. The molecule has 1 aliphatic carbocycles. The fourth-order valence-corrected chi connectivity index (χ4v) is 3.84. The quantitative estimate of drug-likeness (QED) is 0.756. The summed E-state index contributed by atoms with van der Waals surface area (Å²) in [5, 5.41) is 0. The van der Waals surface area contributed by atoms with Crippen molar-refractivity contribution >= 4 is 5.82 Å². The highest BCUT2D eigenvalue weighted by molar-refractivity contribution is 5.44. The topological polar surface area (TPSA) is 67.2 Å². The zero-order valence-corrected chi connectivity index (χ0v) is 16.1. The lowest BCUT2D eigenvalue weighted by Gasteiger charge is -2.39. The molecule has 2 aromatic rings. The van der Waals surface area contributed by atoms with Crippen LogP contribution < -0.4 is 10.5 Å². The van der Waals surface area contributed by atoms with Gasteiger partial charge in [0.25, 0.3) is 5.56 Å². The Morgan fingerprint density at radius 2 is 1.76 bits per heavy atom. The van der Waals surface area contributed by atoms with Gasteiger partial charge in [0.15, 0.2) is 0 Å². The van der Waals surface area contributed by atoms with Gasteiger partial charge in [-0.05, 0) is 25.7 Å². The van der Waals surface area contributed by atoms with Gasteiger partial charge in [0.1, 0.15) is 17.8 Å². The molecule has 0 radical (unpaired) electrons. The molecule has 0 atom stereocenters. The predicted octanol–water partition coefficient (Wildman–Crippen LogP) is 2.22. The van der Waals surface area contributed by atoms with Crippen molar-refractivity contribution < 1.29 is 13.2 Å². The Morgan fingerprint density at radius 3 is 2.38 bits per heavy atom. The number of aryl methyl sites for hydroxylation is 1. The summed E-state index contributed by atoms with van der Waals surface area (Å²) in [6.07, 6.45) is 1.65. The van der Waals surface area contributed by atoms with Crippen LogP contribution in [-0.2, 0) is 19.8 Å². The van der Waals surface area contributed by atoms with E-state index in [-0.39, 0.29) is 17.6 Å². The second-order valence-electron chi connectivity index (χ2n) is 7.73. The molecule has 0 unspecified atom stereocenters. The molecule has 0 aromatic carbocycles. The summed E-state index contributed by atoms with van der Waals surface area (Å²) in [5.74, 6) is 0.362. The number of halogens is 3.